The topological polar surface area (TPSA) is 181 Å². The predicted molar refractivity (Wildman–Crippen MR) is 53.3 cm³/mol. The minimum absolute atomic E-state index is 0.731. The highest BCUT2D eigenvalue weighted by atomic mass is 32.2. The smallest absolute Gasteiger partial charge is 0.321 e. The maximum Gasteiger partial charge on any atom is 0.321 e. The molecule has 10 heteroatoms. The van der Waals surface area contributed by atoms with Gasteiger partial charge in [-0.2, -0.15) is 8.42 Å². The summed E-state index contributed by atoms with van der Waals surface area (Å²) >= 11 is 0. The van der Waals surface area contributed by atoms with Crippen molar-refractivity contribution in [3.8, 4) is 0 Å². The standard InChI is InChI=1S/C3H7NO5S.C3H7NO2/c4-2(3(5)6)1-10(7,8)9;1-2(4)3(5)6/h2H,1,4H2,(H,5,6)(H,7,8,9);2H,4H2,1H3,(H,5,6). The van der Waals surface area contributed by atoms with Gasteiger partial charge in [0.2, 0.25) is 0 Å². The van der Waals surface area contributed by atoms with Gasteiger partial charge in [0.15, 0.2) is 0 Å². The molecule has 7 N–H and O–H groups in total. The van der Waals surface area contributed by atoms with Crippen LogP contribution in [0.5, 0.6) is 0 Å². The van der Waals surface area contributed by atoms with Crippen LogP contribution in [0.4, 0.5) is 0 Å². The van der Waals surface area contributed by atoms with Crippen LogP contribution in [0, 0.1) is 0 Å². The second kappa shape index (κ2) is 7.11. The first-order chi connectivity index (χ1) is 6.97. The van der Waals surface area contributed by atoms with Gasteiger partial charge in [0.25, 0.3) is 10.1 Å². The molecule has 0 aromatic rings. The maximum atomic E-state index is 9.96. The Balaban J connectivity index is 0. The molecule has 0 saturated carbocycles. The molecule has 96 valence electrons. The molecule has 0 aliphatic heterocycles. The quantitative estimate of drug-likeness (QED) is 0.346. The zero-order chi connectivity index (χ0) is 13.5. The third-order valence-electron chi connectivity index (χ3n) is 1.10. The van der Waals surface area contributed by atoms with E-state index < -0.39 is 39.9 Å². The monoisotopic (exact) mass is 258 g/mol. The molecule has 9 nitrogen and oxygen atoms in total. The number of carboxylic acid groups (broad SMARTS) is 2. The van der Waals surface area contributed by atoms with Gasteiger partial charge >= 0.3 is 11.9 Å². The van der Waals surface area contributed by atoms with Crippen molar-refractivity contribution in [1.29, 1.82) is 0 Å². The van der Waals surface area contributed by atoms with E-state index in [-0.39, 0.29) is 0 Å². The Kier molecular flexibility index (Phi) is 7.63. The van der Waals surface area contributed by atoms with Crippen LogP contribution in [0.1, 0.15) is 6.92 Å². The van der Waals surface area contributed by atoms with E-state index >= 15 is 0 Å². The molecule has 0 spiro atoms. The molecule has 0 aromatic heterocycles. The van der Waals surface area contributed by atoms with Gasteiger partial charge in [0.1, 0.15) is 17.8 Å². The van der Waals surface area contributed by atoms with E-state index in [0.717, 1.165) is 0 Å². The molecule has 0 rings (SSSR count). The minimum Gasteiger partial charge on any atom is -0.480 e. The Morgan fingerprint density at radius 1 is 1.19 bits per heavy atom. The second-order valence-electron chi connectivity index (χ2n) is 2.82. The van der Waals surface area contributed by atoms with Crippen LogP contribution < -0.4 is 11.5 Å². The third kappa shape index (κ3) is 12.8. The first-order valence-electron chi connectivity index (χ1n) is 3.89. The number of hydrogen-bond acceptors (Lipinski definition) is 6. The fourth-order valence-electron chi connectivity index (χ4n) is 0.298. The summed E-state index contributed by atoms with van der Waals surface area (Å²) < 4.78 is 28.0. The lowest BCUT2D eigenvalue weighted by Gasteiger charge is -2.01. The summed E-state index contributed by atoms with van der Waals surface area (Å²) in [5.74, 6) is -3.38. The van der Waals surface area contributed by atoms with Crippen molar-refractivity contribution in [1.82, 2.24) is 0 Å². The SMILES string of the molecule is CC(N)C(=O)O.NC(CS(=O)(=O)O)C(=O)O. The minimum atomic E-state index is -4.27. The van der Waals surface area contributed by atoms with Crippen molar-refractivity contribution in [3.05, 3.63) is 0 Å². The van der Waals surface area contributed by atoms with E-state index in [1.54, 1.807) is 0 Å². The van der Waals surface area contributed by atoms with Crippen molar-refractivity contribution in [3.63, 3.8) is 0 Å². The molecule has 0 bridgehead atoms. The van der Waals surface area contributed by atoms with E-state index in [0.29, 0.717) is 0 Å². The number of nitrogens with two attached hydrogens (primary N) is 2. The number of carboxylic acids is 2. The maximum absolute atomic E-state index is 9.96. The first kappa shape index (κ1) is 17.2. The van der Waals surface area contributed by atoms with Gasteiger partial charge in [-0.15, -0.1) is 0 Å². The van der Waals surface area contributed by atoms with Crippen LogP contribution in [0.2, 0.25) is 0 Å². The van der Waals surface area contributed by atoms with Crippen LogP contribution in [0.3, 0.4) is 0 Å². The Morgan fingerprint density at radius 3 is 1.56 bits per heavy atom. The summed E-state index contributed by atoms with van der Waals surface area (Å²) in [4.78, 5) is 19.5. The van der Waals surface area contributed by atoms with Crippen LogP contribution >= 0.6 is 0 Å². The average Bonchev–Trinajstić information content (AvgIpc) is 2.01. The van der Waals surface area contributed by atoms with Crippen LogP contribution in [0.15, 0.2) is 0 Å². The fraction of sp³-hybridized carbons (Fsp3) is 0.667. The van der Waals surface area contributed by atoms with Crippen LogP contribution in [-0.2, 0) is 19.7 Å². The lowest BCUT2D eigenvalue weighted by atomic mass is 10.4. The van der Waals surface area contributed by atoms with Gasteiger partial charge in [-0.1, -0.05) is 0 Å². The molecule has 16 heavy (non-hydrogen) atoms. The van der Waals surface area contributed by atoms with Crippen LogP contribution in [0.25, 0.3) is 0 Å². The molecule has 0 aliphatic rings. The molecule has 0 amide bonds. The van der Waals surface area contributed by atoms with Crippen molar-refractivity contribution in [2.75, 3.05) is 5.75 Å². The summed E-state index contributed by atoms with van der Waals surface area (Å²) in [5.41, 5.74) is 9.60. The van der Waals surface area contributed by atoms with Crippen molar-refractivity contribution < 1.29 is 32.8 Å². The Labute approximate surface area is 91.8 Å². The van der Waals surface area contributed by atoms with Gasteiger partial charge in [-0.3, -0.25) is 14.1 Å². The zero-order valence-electron chi connectivity index (χ0n) is 8.40. The number of rotatable bonds is 4. The molecule has 0 radical (unpaired) electrons. The highest BCUT2D eigenvalue weighted by molar-refractivity contribution is 7.85. The van der Waals surface area contributed by atoms with E-state index in [9.17, 15) is 18.0 Å². The molecule has 0 fully saturated rings. The van der Waals surface area contributed by atoms with Gasteiger partial charge < -0.3 is 21.7 Å². The summed E-state index contributed by atoms with van der Waals surface area (Å²) in [6.07, 6.45) is 0. The first-order valence-corrected chi connectivity index (χ1v) is 5.50. The molecular formula is C6H14N2O7S. The van der Waals surface area contributed by atoms with Gasteiger partial charge in [-0.25, -0.2) is 0 Å². The van der Waals surface area contributed by atoms with Crippen LogP contribution in [-0.4, -0.2) is 53.0 Å². The summed E-state index contributed by atoms with van der Waals surface area (Å²) in [6.45, 7) is 1.42. The van der Waals surface area contributed by atoms with E-state index in [1.165, 1.54) is 6.92 Å². The van der Waals surface area contributed by atoms with Crippen molar-refractivity contribution in [2.24, 2.45) is 11.5 Å². The number of aliphatic carboxylic acids is 2. The molecule has 0 aromatic carbocycles. The summed E-state index contributed by atoms with van der Waals surface area (Å²) in [6, 6.07) is -2.29. The summed E-state index contributed by atoms with van der Waals surface area (Å²) in [7, 11) is -4.27. The Hall–Kier alpha value is -1.23. The molecule has 2 unspecified atom stereocenters. The Morgan fingerprint density at radius 2 is 1.50 bits per heavy atom. The average molecular weight is 258 g/mol. The van der Waals surface area contributed by atoms with E-state index in [2.05, 4.69) is 0 Å². The summed E-state index contributed by atoms with van der Waals surface area (Å²) in [5, 5.41) is 15.9. The second-order valence-corrected chi connectivity index (χ2v) is 4.32. The molecule has 0 heterocycles. The van der Waals surface area contributed by atoms with Gasteiger partial charge in [-0.05, 0) is 6.92 Å². The number of carbonyl (C=O) groups is 2. The lowest BCUT2D eigenvalue weighted by Crippen LogP contribution is -2.36. The van der Waals surface area contributed by atoms with E-state index in [4.69, 9.17) is 26.2 Å². The Bertz CT molecular complexity index is 337. The molecule has 2 atom stereocenters. The lowest BCUT2D eigenvalue weighted by molar-refractivity contribution is -0.138. The highest BCUT2D eigenvalue weighted by Gasteiger charge is 2.18. The van der Waals surface area contributed by atoms with Crippen molar-refractivity contribution >= 4 is 22.1 Å². The normalized spacial score (nSPS) is 14.2. The van der Waals surface area contributed by atoms with Gasteiger partial charge in [0, 0.05) is 0 Å². The molecular weight excluding hydrogens is 244 g/mol. The third-order valence-corrected chi connectivity index (χ3v) is 1.88. The van der Waals surface area contributed by atoms with Gasteiger partial charge in [0.05, 0.1) is 0 Å². The highest BCUT2D eigenvalue weighted by Crippen LogP contribution is 1.86. The molecule has 0 aliphatic carbocycles. The zero-order valence-corrected chi connectivity index (χ0v) is 9.22. The van der Waals surface area contributed by atoms with E-state index in [1.807, 2.05) is 0 Å². The molecule has 0 saturated heterocycles. The largest absolute Gasteiger partial charge is 0.480 e. The van der Waals surface area contributed by atoms with Crippen molar-refractivity contribution in [2.45, 2.75) is 19.0 Å². The number of hydrogen-bond donors (Lipinski definition) is 5. The fourth-order valence-corrected chi connectivity index (χ4v) is 0.895. The predicted octanol–water partition coefficient (Wildman–Crippen LogP) is -2.30.